The summed E-state index contributed by atoms with van der Waals surface area (Å²) in [5.74, 6) is -0.590. The number of nitrogens with one attached hydrogen (secondary N) is 1. The molecule has 18 heavy (non-hydrogen) atoms. The number of pyridine rings is 1. The van der Waals surface area contributed by atoms with Gasteiger partial charge in [-0.2, -0.15) is 0 Å². The topological polar surface area (TPSA) is 71.5 Å². The summed E-state index contributed by atoms with van der Waals surface area (Å²) in [6, 6.07) is 1.68. The fourth-order valence-electron chi connectivity index (χ4n) is 1.70. The number of carbonyl (C=O) groups is 1. The Bertz CT molecular complexity index is 430. The lowest BCUT2D eigenvalue weighted by atomic mass is 10.1. The van der Waals surface area contributed by atoms with Crippen LogP contribution in [-0.2, 0) is 4.74 Å². The highest BCUT2D eigenvalue weighted by molar-refractivity contribution is 5.94. The van der Waals surface area contributed by atoms with Crippen molar-refractivity contribution in [3.63, 3.8) is 0 Å². The Balaban J connectivity index is 2.85. The average Bonchev–Trinajstić information content (AvgIpc) is 2.26. The summed E-state index contributed by atoms with van der Waals surface area (Å²) in [5, 5.41) is 12.2. The van der Waals surface area contributed by atoms with Crippen molar-refractivity contribution >= 4 is 11.8 Å². The Labute approximate surface area is 107 Å². The minimum absolute atomic E-state index is 0.213. The Morgan fingerprint density at radius 1 is 1.56 bits per heavy atom. The van der Waals surface area contributed by atoms with Crippen LogP contribution >= 0.6 is 0 Å². The van der Waals surface area contributed by atoms with Gasteiger partial charge in [0.15, 0.2) is 0 Å². The first-order valence-corrected chi connectivity index (χ1v) is 5.94. The highest BCUT2D eigenvalue weighted by Crippen LogP contribution is 2.18. The molecule has 2 N–H and O–H groups in total. The molecule has 0 aliphatic carbocycles. The van der Waals surface area contributed by atoms with Crippen LogP contribution in [0.15, 0.2) is 12.3 Å². The van der Waals surface area contributed by atoms with Crippen LogP contribution in [0, 0.1) is 6.92 Å². The number of nitrogens with zero attached hydrogens (tertiary/aromatic N) is 1. The minimum Gasteiger partial charge on any atom is -0.478 e. The zero-order valence-electron chi connectivity index (χ0n) is 11.3. The van der Waals surface area contributed by atoms with Crippen molar-refractivity contribution in [3.05, 3.63) is 23.4 Å². The van der Waals surface area contributed by atoms with E-state index in [0.717, 1.165) is 0 Å². The lowest BCUT2D eigenvalue weighted by molar-refractivity contribution is 0.000599. The van der Waals surface area contributed by atoms with Gasteiger partial charge >= 0.3 is 5.97 Å². The average molecular weight is 252 g/mol. The maximum Gasteiger partial charge on any atom is 0.339 e. The van der Waals surface area contributed by atoms with Crippen LogP contribution in [0.25, 0.3) is 0 Å². The number of aromatic nitrogens is 1. The van der Waals surface area contributed by atoms with Crippen molar-refractivity contribution in [3.8, 4) is 0 Å². The third-order valence-electron chi connectivity index (χ3n) is 2.59. The van der Waals surface area contributed by atoms with Crippen LogP contribution in [0.1, 0.15) is 36.7 Å². The smallest absolute Gasteiger partial charge is 0.339 e. The number of hydrogen-bond donors (Lipinski definition) is 2. The minimum atomic E-state index is -0.975. The second kappa shape index (κ2) is 5.82. The van der Waals surface area contributed by atoms with Crippen molar-refractivity contribution < 1.29 is 14.6 Å². The maximum atomic E-state index is 11.2. The summed E-state index contributed by atoms with van der Waals surface area (Å²) in [6.45, 7) is 8.68. The number of rotatable bonds is 6. The summed E-state index contributed by atoms with van der Waals surface area (Å²) in [5.41, 5.74) is 0.537. The lowest BCUT2D eigenvalue weighted by Crippen LogP contribution is -2.34. The molecule has 5 heteroatoms. The van der Waals surface area contributed by atoms with Gasteiger partial charge in [-0.25, -0.2) is 9.78 Å². The summed E-state index contributed by atoms with van der Waals surface area (Å²) in [4.78, 5) is 15.3. The van der Waals surface area contributed by atoms with Gasteiger partial charge in [-0.3, -0.25) is 0 Å². The number of anilines is 1. The van der Waals surface area contributed by atoms with E-state index >= 15 is 0 Å². The third kappa shape index (κ3) is 3.70. The zero-order valence-corrected chi connectivity index (χ0v) is 11.3. The van der Waals surface area contributed by atoms with Gasteiger partial charge in [-0.05, 0) is 39.3 Å². The number of hydrogen-bond acceptors (Lipinski definition) is 4. The van der Waals surface area contributed by atoms with E-state index in [9.17, 15) is 4.79 Å². The summed E-state index contributed by atoms with van der Waals surface area (Å²) in [7, 11) is 0. The normalized spacial score (nSPS) is 11.3. The molecule has 0 saturated heterocycles. The monoisotopic (exact) mass is 252 g/mol. The van der Waals surface area contributed by atoms with Gasteiger partial charge in [0.25, 0.3) is 0 Å². The molecular formula is C13H20N2O3. The Kier molecular flexibility index (Phi) is 4.67. The number of ether oxygens (including phenoxy) is 1. The summed E-state index contributed by atoms with van der Waals surface area (Å²) < 4.78 is 5.54. The molecule has 1 rings (SSSR count). The van der Waals surface area contributed by atoms with E-state index in [2.05, 4.69) is 10.3 Å². The first kappa shape index (κ1) is 14.4. The molecule has 0 atom stereocenters. The van der Waals surface area contributed by atoms with Gasteiger partial charge in [0.1, 0.15) is 11.4 Å². The van der Waals surface area contributed by atoms with Crippen molar-refractivity contribution in [1.82, 2.24) is 4.98 Å². The summed E-state index contributed by atoms with van der Waals surface area (Å²) in [6.07, 6.45) is 1.60. The highest BCUT2D eigenvalue weighted by atomic mass is 16.5. The number of carboxylic acids is 1. The fraction of sp³-hybridized carbons (Fsp3) is 0.538. The zero-order chi connectivity index (χ0) is 13.8. The van der Waals surface area contributed by atoms with Crippen LogP contribution in [0.3, 0.4) is 0 Å². The molecule has 0 unspecified atom stereocenters. The number of aryl methyl sites for hydroxylation is 1. The molecule has 0 amide bonds. The summed E-state index contributed by atoms with van der Waals surface area (Å²) >= 11 is 0. The van der Waals surface area contributed by atoms with Crippen LogP contribution in [-0.4, -0.2) is 34.8 Å². The molecule has 0 spiro atoms. The first-order valence-electron chi connectivity index (χ1n) is 5.94. The van der Waals surface area contributed by atoms with E-state index in [1.165, 1.54) is 0 Å². The van der Waals surface area contributed by atoms with Crippen molar-refractivity contribution in [2.45, 2.75) is 33.3 Å². The second-order valence-electron chi connectivity index (χ2n) is 4.70. The fourth-order valence-corrected chi connectivity index (χ4v) is 1.70. The van der Waals surface area contributed by atoms with Crippen LogP contribution in [0.4, 0.5) is 5.82 Å². The predicted octanol–water partition coefficient (Wildman–Crippen LogP) is 2.32. The molecule has 100 valence electrons. The molecule has 0 saturated carbocycles. The molecule has 0 bridgehead atoms. The molecule has 1 aromatic rings. The predicted molar refractivity (Wildman–Crippen MR) is 70.1 cm³/mol. The molecular weight excluding hydrogens is 232 g/mol. The van der Waals surface area contributed by atoms with E-state index in [4.69, 9.17) is 9.84 Å². The van der Waals surface area contributed by atoms with Gasteiger partial charge < -0.3 is 15.2 Å². The van der Waals surface area contributed by atoms with E-state index in [1.807, 2.05) is 20.8 Å². The molecule has 0 radical (unpaired) electrons. The van der Waals surface area contributed by atoms with E-state index < -0.39 is 5.97 Å². The van der Waals surface area contributed by atoms with Crippen LogP contribution < -0.4 is 5.32 Å². The molecule has 0 aromatic carbocycles. The van der Waals surface area contributed by atoms with Crippen molar-refractivity contribution in [2.24, 2.45) is 0 Å². The first-order chi connectivity index (χ1) is 8.37. The van der Waals surface area contributed by atoms with E-state index in [0.29, 0.717) is 24.5 Å². The number of aromatic carboxylic acids is 1. The van der Waals surface area contributed by atoms with Gasteiger partial charge in [-0.1, -0.05) is 0 Å². The van der Waals surface area contributed by atoms with E-state index in [1.54, 1.807) is 19.2 Å². The van der Waals surface area contributed by atoms with Gasteiger partial charge in [0.05, 0.1) is 5.60 Å². The van der Waals surface area contributed by atoms with Crippen molar-refractivity contribution in [2.75, 3.05) is 18.5 Å². The molecule has 1 aromatic heterocycles. The lowest BCUT2D eigenvalue weighted by Gasteiger charge is -2.25. The Morgan fingerprint density at radius 2 is 2.22 bits per heavy atom. The SMILES string of the molecule is CCOC(C)(C)CNc1nccc(C)c1C(=O)O. The molecule has 1 heterocycles. The Hall–Kier alpha value is -1.62. The van der Waals surface area contributed by atoms with Crippen molar-refractivity contribution in [1.29, 1.82) is 0 Å². The molecule has 0 fully saturated rings. The van der Waals surface area contributed by atoms with Crippen LogP contribution in [0.2, 0.25) is 0 Å². The largest absolute Gasteiger partial charge is 0.478 e. The van der Waals surface area contributed by atoms with Gasteiger partial charge in [0.2, 0.25) is 0 Å². The standard InChI is InChI=1S/C13H20N2O3/c1-5-18-13(3,4)8-15-11-10(12(16)17)9(2)6-7-14-11/h6-7H,5,8H2,1-4H3,(H,14,15)(H,16,17). The second-order valence-corrected chi connectivity index (χ2v) is 4.70. The molecule has 5 nitrogen and oxygen atoms in total. The Morgan fingerprint density at radius 3 is 2.78 bits per heavy atom. The van der Waals surface area contributed by atoms with Crippen LogP contribution in [0.5, 0.6) is 0 Å². The number of carboxylic acid groups (broad SMARTS) is 1. The molecule has 0 aliphatic heterocycles. The van der Waals surface area contributed by atoms with E-state index in [-0.39, 0.29) is 11.2 Å². The van der Waals surface area contributed by atoms with Gasteiger partial charge in [-0.15, -0.1) is 0 Å². The maximum absolute atomic E-state index is 11.2. The molecule has 0 aliphatic rings. The van der Waals surface area contributed by atoms with Gasteiger partial charge in [0, 0.05) is 19.3 Å². The quantitative estimate of drug-likeness (QED) is 0.813. The third-order valence-corrected chi connectivity index (χ3v) is 2.59. The highest BCUT2D eigenvalue weighted by Gasteiger charge is 2.20.